The molecule has 0 aromatic heterocycles. The minimum Gasteiger partial charge on any atom is -0.327 e. The van der Waals surface area contributed by atoms with E-state index in [-0.39, 0.29) is 0 Å². The molecule has 0 radical (unpaired) electrons. The first-order valence-corrected chi connectivity index (χ1v) is 6.15. The molecule has 0 aliphatic heterocycles. The van der Waals surface area contributed by atoms with Crippen LogP contribution in [0.15, 0.2) is 34.9 Å². The van der Waals surface area contributed by atoms with Crippen molar-refractivity contribution in [3.8, 4) is 0 Å². The third-order valence-corrected chi connectivity index (χ3v) is 4.63. The summed E-state index contributed by atoms with van der Waals surface area (Å²) in [6, 6.07) is 0. The SMILES string of the molecule is C=C(CN)C1=C(C)C(C)=C[C@@H](C)C1I. The van der Waals surface area contributed by atoms with E-state index in [1.54, 1.807) is 0 Å². The summed E-state index contributed by atoms with van der Waals surface area (Å²) < 4.78 is 0.521. The first-order valence-electron chi connectivity index (χ1n) is 4.90. The van der Waals surface area contributed by atoms with Crippen molar-refractivity contribution in [1.82, 2.24) is 0 Å². The first kappa shape index (κ1) is 12.0. The van der Waals surface area contributed by atoms with Crippen LogP contribution in [0.2, 0.25) is 0 Å². The highest BCUT2D eigenvalue weighted by atomic mass is 127. The fraction of sp³-hybridized carbons (Fsp3) is 0.500. The van der Waals surface area contributed by atoms with E-state index in [1.807, 2.05) is 0 Å². The second kappa shape index (κ2) is 4.62. The summed E-state index contributed by atoms with van der Waals surface area (Å²) in [5, 5.41) is 0. The van der Waals surface area contributed by atoms with Crippen LogP contribution in [-0.4, -0.2) is 10.5 Å². The van der Waals surface area contributed by atoms with Gasteiger partial charge in [-0.1, -0.05) is 47.7 Å². The zero-order valence-electron chi connectivity index (χ0n) is 9.10. The van der Waals surface area contributed by atoms with Gasteiger partial charge in [-0.2, -0.15) is 0 Å². The molecule has 0 saturated heterocycles. The maximum atomic E-state index is 5.66. The molecule has 2 N–H and O–H groups in total. The maximum Gasteiger partial charge on any atom is 0.0425 e. The fourth-order valence-electron chi connectivity index (χ4n) is 1.86. The van der Waals surface area contributed by atoms with Gasteiger partial charge in [-0.25, -0.2) is 0 Å². The summed E-state index contributed by atoms with van der Waals surface area (Å²) in [7, 11) is 0. The standard InChI is InChI=1S/C12H18IN/c1-7-5-8(2)12(13)11(10(7)4)9(3)6-14/h5,8,12H,3,6,14H2,1-2,4H3/t8-,12?/m1/s1. The molecular formula is C12H18IN. The van der Waals surface area contributed by atoms with Gasteiger partial charge in [0.15, 0.2) is 0 Å². The van der Waals surface area contributed by atoms with Crippen LogP contribution in [0, 0.1) is 5.92 Å². The molecule has 0 aromatic rings. The molecule has 2 atom stereocenters. The highest BCUT2D eigenvalue weighted by Crippen LogP contribution is 2.36. The van der Waals surface area contributed by atoms with Gasteiger partial charge in [0.25, 0.3) is 0 Å². The summed E-state index contributed by atoms with van der Waals surface area (Å²) in [6.07, 6.45) is 2.33. The van der Waals surface area contributed by atoms with E-state index in [1.165, 1.54) is 16.7 Å². The van der Waals surface area contributed by atoms with Crippen molar-refractivity contribution in [2.24, 2.45) is 11.7 Å². The lowest BCUT2D eigenvalue weighted by Crippen LogP contribution is -2.22. The molecule has 0 aromatic carbocycles. The zero-order valence-corrected chi connectivity index (χ0v) is 11.3. The lowest BCUT2D eigenvalue weighted by molar-refractivity contribution is 0.729. The Kier molecular flexibility index (Phi) is 3.95. The Morgan fingerprint density at radius 2 is 2.14 bits per heavy atom. The van der Waals surface area contributed by atoms with Gasteiger partial charge < -0.3 is 5.73 Å². The lowest BCUT2D eigenvalue weighted by atomic mass is 9.83. The third kappa shape index (κ3) is 2.11. The van der Waals surface area contributed by atoms with E-state index in [0.29, 0.717) is 16.4 Å². The molecule has 0 saturated carbocycles. The van der Waals surface area contributed by atoms with E-state index in [9.17, 15) is 0 Å². The normalized spacial score (nSPS) is 27.6. The fourth-order valence-corrected chi connectivity index (χ4v) is 2.97. The third-order valence-electron chi connectivity index (χ3n) is 2.87. The Bertz CT molecular complexity index is 312. The quantitative estimate of drug-likeness (QED) is 0.615. The molecule has 1 rings (SSSR count). The Balaban J connectivity index is 3.15. The van der Waals surface area contributed by atoms with Crippen LogP contribution in [0.3, 0.4) is 0 Å². The van der Waals surface area contributed by atoms with Crippen LogP contribution in [-0.2, 0) is 0 Å². The molecule has 0 heterocycles. The van der Waals surface area contributed by atoms with E-state index in [0.717, 1.165) is 5.57 Å². The molecule has 1 aliphatic carbocycles. The van der Waals surface area contributed by atoms with Crippen molar-refractivity contribution in [1.29, 1.82) is 0 Å². The highest BCUT2D eigenvalue weighted by Gasteiger charge is 2.24. The smallest absolute Gasteiger partial charge is 0.0425 e. The Labute approximate surface area is 100 Å². The van der Waals surface area contributed by atoms with E-state index in [2.05, 4.69) is 56.0 Å². The van der Waals surface area contributed by atoms with Crippen molar-refractivity contribution in [3.63, 3.8) is 0 Å². The Morgan fingerprint density at radius 3 is 2.64 bits per heavy atom. The van der Waals surface area contributed by atoms with Crippen molar-refractivity contribution < 1.29 is 0 Å². The van der Waals surface area contributed by atoms with Crippen molar-refractivity contribution in [2.75, 3.05) is 6.54 Å². The van der Waals surface area contributed by atoms with Gasteiger partial charge in [0.2, 0.25) is 0 Å². The molecule has 78 valence electrons. The molecule has 2 heteroatoms. The molecule has 1 unspecified atom stereocenters. The van der Waals surface area contributed by atoms with Crippen molar-refractivity contribution in [3.05, 3.63) is 34.9 Å². The second-order valence-corrected chi connectivity index (χ2v) is 5.30. The van der Waals surface area contributed by atoms with Crippen LogP contribution >= 0.6 is 22.6 Å². The summed E-state index contributed by atoms with van der Waals surface area (Å²) in [4.78, 5) is 0. The monoisotopic (exact) mass is 303 g/mol. The first-order chi connectivity index (χ1) is 6.49. The highest BCUT2D eigenvalue weighted by molar-refractivity contribution is 14.1. The largest absolute Gasteiger partial charge is 0.327 e. The zero-order chi connectivity index (χ0) is 10.9. The summed E-state index contributed by atoms with van der Waals surface area (Å²) in [6.45, 7) is 11.2. The molecule has 1 nitrogen and oxygen atoms in total. The van der Waals surface area contributed by atoms with Gasteiger partial charge in [-0.05, 0) is 36.5 Å². The van der Waals surface area contributed by atoms with Crippen LogP contribution in [0.25, 0.3) is 0 Å². The molecule has 14 heavy (non-hydrogen) atoms. The molecule has 0 fully saturated rings. The summed E-state index contributed by atoms with van der Waals surface area (Å²) in [5.41, 5.74) is 10.8. The Morgan fingerprint density at radius 1 is 1.57 bits per heavy atom. The van der Waals surface area contributed by atoms with Crippen LogP contribution in [0.1, 0.15) is 20.8 Å². The minimum absolute atomic E-state index is 0.521. The predicted molar refractivity (Wildman–Crippen MR) is 71.6 cm³/mol. The molecule has 0 spiro atoms. The number of halogens is 1. The van der Waals surface area contributed by atoms with Gasteiger partial charge in [-0.15, -0.1) is 0 Å². The number of rotatable bonds is 2. The number of allylic oxidation sites excluding steroid dienone is 3. The average Bonchev–Trinajstić information content (AvgIpc) is 2.15. The van der Waals surface area contributed by atoms with E-state index < -0.39 is 0 Å². The van der Waals surface area contributed by atoms with Crippen LogP contribution in [0.5, 0.6) is 0 Å². The van der Waals surface area contributed by atoms with Gasteiger partial charge in [0.1, 0.15) is 0 Å². The minimum atomic E-state index is 0.521. The predicted octanol–water partition coefficient (Wildman–Crippen LogP) is 3.22. The van der Waals surface area contributed by atoms with Crippen LogP contribution < -0.4 is 5.73 Å². The molecule has 0 bridgehead atoms. The van der Waals surface area contributed by atoms with Gasteiger partial charge in [0.05, 0.1) is 0 Å². The molecule has 0 amide bonds. The van der Waals surface area contributed by atoms with E-state index in [4.69, 9.17) is 5.73 Å². The number of alkyl halides is 1. The lowest BCUT2D eigenvalue weighted by Gasteiger charge is -2.28. The van der Waals surface area contributed by atoms with Gasteiger partial charge >= 0.3 is 0 Å². The van der Waals surface area contributed by atoms with Crippen molar-refractivity contribution >= 4 is 22.6 Å². The van der Waals surface area contributed by atoms with Gasteiger partial charge in [-0.3, -0.25) is 0 Å². The number of nitrogens with two attached hydrogens (primary N) is 1. The van der Waals surface area contributed by atoms with Crippen LogP contribution in [0.4, 0.5) is 0 Å². The average molecular weight is 303 g/mol. The summed E-state index contributed by atoms with van der Waals surface area (Å²) >= 11 is 2.49. The van der Waals surface area contributed by atoms with Crippen molar-refractivity contribution in [2.45, 2.75) is 24.7 Å². The number of hydrogen-bond donors (Lipinski definition) is 1. The second-order valence-electron chi connectivity index (χ2n) is 3.96. The topological polar surface area (TPSA) is 26.0 Å². The van der Waals surface area contributed by atoms with Gasteiger partial charge in [0, 0.05) is 10.5 Å². The summed E-state index contributed by atoms with van der Waals surface area (Å²) in [5.74, 6) is 0.581. The molecular weight excluding hydrogens is 285 g/mol. The Hall–Kier alpha value is -0.0900. The maximum absolute atomic E-state index is 5.66. The number of hydrogen-bond acceptors (Lipinski definition) is 1. The van der Waals surface area contributed by atoms with E-state index >= 15 is 0 Å². The molecule has 1 aliphatic rings.